The van der Waals surface area contributed by atoms with Crippen molar-refractivity contribution in [2.45, 2.75) is 25.7 Å². The maximum atomic E-state index is 12.0. The largest absolute Gasteiger partial charge is 0.497 e. The highest BCUT2D eigenvalue weighted by atomic mass is 16.5. The number of hydrogen-bond donors (Lipinski definition) is 2. The lowest BCUT2D eigenvalue weighted by molar-refractivity contribution is 0.0497. The molecule has 0 aromatic heterocycles. The fourth-order valence-electron chi connectivity index (χ4n) is 1.87. The maximum Gasteiger partial charge on any atom is 0.340 e. The van der Waals surface area contributed by atoms with Crippen molar-refractivity contribution in [1.82, 2.24) is 0 Å². The smallest absolute Gasteiger partial charge is 0.340 e. The Morgan fingerprint density at radius 2 is 1.86 bits per heavy atom. The number of ether oxygens (including phenoxy) is 3. The normalized spacial score (nSPS) is 10.2. The Morgan fingerprint density at radius 3 is 2.48 bits per heavy atom. The number of benzene rings is 1. The monoisotopic (exact) mass is 297 g/mol. The molecule has 0 saturated carbocycles. The lowest BCUT2D eigenvalue weighted by atomic mass is 10.1. The van der Waals surface area contributed by atoms with Crippen molar-refractivity contribution in [3.05, 3.63) is 17.7 Å². The minimum Gasteiger partial charge on any atom is -0.497 e. The lowest BCUT2D eigenvalue weighted by Crippen LogP contribution is -2.10. The number of carbonyl (C=O) groups excluding carboxylic acids is 1. The number of methoxy groups -OCH3 is 2. The molecule has 1 rings (SSSR count). The molecule has 0 bridgehead atoms. The van der Waals surface area contributed by atoms with E-state index in [1.54, 1.807) is 6.07 Å². The van der Waals surface area contributed by atoms with E-state index >= 15 is 0 Å². The number of aliphatic hydroxyl groups is 1. The summed E-state index contributed by atoms with van der Waals surface area (Å²) in [7, 11) is 2.97. The Morgan fingerprint density at radius 1 is 1.14 bits per heavy atom. The van der Waals surface area contributed by atoms with Gasteiger partial charge in [-0.25, -0.2) is 4.79 Å². The van der Waals surface area contributed by atoms with E-state index in [1.165, 1.54) is 20.3 Å². The van der Waals surface area contributed by atoms with Crippen LogP contribution < -0.4 is 15.2 Å². The second-order valence-electron chi connectivity index (χ2n) is 4.56. The minimum atomic E-state index is -0.494. The Bertz CT molecular complexity index is 462. The quantitative estimate of drug-likeness (QED) is 0.411. The van der Waals surface area contributed by atoms with Gasteiger partial charge in [-0.05, 0) is 25.3 Å². The van der Waals surface area contributed by atoms with Crippen molar-refractivity contribution in [3.8, 4) is 11.5 Å². The molecule has 3 N–H and O–H groups in total. The average Bonchev–Trinajstić information content (AvgIpc) is 2.50. The molecule has 1 aromatic carbocycles. The van der Waals surface area contributed by atoms with Crippen molar-refractivity contribution < 1.29 is 24.1 Å². The summed E-state index contributed by atoms with van der Waals surface area (Å²) < 4.78 is 15.4. The van der Waals surface area contributed by atoms with Crippen LogP contribution in [0.4, 0.5) is 5.69 Å². The molecule has 1 aromatic rings. The summed E-state index contributed by atoms with van der Waals surface area (Å²) in [5, 5.41) is 8.67. The highest BCUT2D eigenvalue weighted by Gasteiger charge is 2.17. The molecule has 118 valence electrons. The predicted octanol–water partition coefficient (Wildman–Crippen LogP) is 2.00. The number of rotatable bonds is 9. The standard InChI is InChI=1S/C15H23NO5/c1-19-11-9-12(14(16)13(10-11)20-2)15(18)21-8-6-4-3-5-7-17/h9-10,17H,3-8,16H2,1-2H3. The number of carbonyl (C=O) groups is 1. The first kappa shape index (κ1) is 17.1. The summed E-state index contributed by atoms with van der Waals surface area (Å²) in [6.45, 7) is 0.517. The molecule has 0 aliphatic carbocycles. The summed E-state index contributed by atoms with van der Waals surface area (Å²) in [6, 6.07) is 3.15. The van der Waals surface area contributed by atoms with Gasteiger partial charge in [0.05, 0.1) is 32.1 Å². The molecule has 0 radical (unpaired) electrons. The molecular weight excluding hydrogens is 274 g/mol. The number of nitrogens with two attached hydrogens (primary N) is 1. The second kappa shape index (κ2) is 9.07. The van der Waals surface area contributed by atoms with E-state index in [1.807, 2.05) is 0 Å². The van der Waals surface area contributed by atoms with Gasteiger partial charge in [0.1, 0.15) is 11.5 Å². The Hall–Kier alpha value is -1.95. The zero-order valence-corrected chi connectivity index (χ0v) is 12.6. The van der Waals surface area contributed by atoms with E-state index in [-0.39, 0.29) is 17.9 Å². The van der Waals surface area contributed by atoms with Crippen LogP contribution in [0, 0.1) is 0 Å². The van der Waals surface area contributed by atoms with E-state index in [0.717, 1.165) is 25.7 Å². The van der Waals surface area contributed by atoms with Crippen LogP contribution in [0.1, 0.15) is 36.0 Å². The Kier molecular flexibility index (Phi) is 7.39. The fraction of sp³-hybridized carbons (Fsp3) is 0.533. The Labute approximate surface area is 124 Å². The molecule has 0 heterocycles. The summed E-state index contributed by atoms with van der Waals surface area (Å²) in [5.74, 6) is 0.368. The van der Waals surface area contributed by atoms with Crippen LogP contribution in [0.25, 0.3) is 0 Å². The number of aliphatic hydroxyl groups excluding tert-OH is 1. The summed E-state index contributed by atoms with van der Waals surface area (Å²) >= 11 is 0. The van der Waals surface area contributed by atoms with E-state index in [9.17, 15) is 4.79 Å². The molecule has 0 saturated heterocycles. The summed E-state index contributed by atoms with van der Waals surface area (Å²) in [6.07, 6.45) is 3.36. The molecule has 0 fully saturated rings. The first-order valence-corrected chi connectivity index (χ1v) is 6.93. The van der Waals surface area contributed by atoms with Crippen LogP contribution in [0.3, 0.4) is 0 Å². The fourth-order valence-corrected chi connectivity index (χ4v) is 1.87. The van der Waals surface area contributed by atoms with Crippen LogP contribution in [0.15, 0.2) is 12.1 Å². The van der Waals surface area contributed by atoms with E-state index in [0.29, 0.717) is 18.1 Å². The third-order valence-electron chi connectivity index (χ3n) is 3.08. The molecule has 0 aliphatic rings. The topological polar surface area (TPSA) is 91.0 Å². The molecule has 6 heteroatoms. The van der Waals surface area contributed by atoms with Gasteiger partial charge in [0, 0.05) is 12.7 Å². The number of anilines is 1. The molecule has 21 heavy (non-hydrogen) atoms. The molecule has 0 amide bonds. The molecule has 0 spiro atoms. The van der Waals surface area contributed by atoms with Crippen LogP contribution in [0.5, 0.6) is 11.5 Å². The van der Waals surface area contributed by atoms with Gasteiger partial charge >= 0.3 is 5.97 Å². The number of unbranched alkanes of at least 4 members (excludes halogenated alkanes) is 3. The van der Waals surface area contributed by atoms with Gasteiger partial charge < -0.3 is 25.1 Å². The molecule has 6 nitrogen and oxygen atoms in total. The van der Waals surface area contributed by atoms with E-state index < -0.39 is 5.97 Å². The van der Waals surface area contributed by atoms with Crippen LogP contribution in [0.2, 0.25) is 0 Å². The third-order valence-corrected chi connectivity index (χ3v) is 3.08. The molecular formula is C15H23NO5. The summed E-state index contributed by atoms with van der Waals surface area (Å²) in [5.41, 5.74) is 6.36. The minimum absolute atomic E-state index is 0.194. The maximum absolute atomic E-state index is 12.0. The van der Waals surface area contributed by atoms with E-state index in [4.69, 9.17) is 25.1 Å². The van der Waals surface area contributed by atoms with Crippen molar-refractivity contribution in [1.29, 1.82) is 0 Å². The predicted molar refractivity (Wildman–Crippen MR) is 79.8 cm³/mol. The van der Waals surface area contributed by atoms with Crippen molar-refractivity contribution in [3.63, 3.8) is 0 Å². The van der Waals surface area contributed by atoms with Crippen LogP contribution >= 0.6 is 0 Å². The van der Waals surface area contributed by atoms with Gasteiger partial charge in [0.15, 0.2) is 0 Å². The first-order chi connectivity index (χ1) is 10.1. The zero-order chi connectivity index (χ0) is 15.7. The average molecular weight is 297 g/mol. The zero-order valence-electron chi connectivity index (χ0n) is 12.6. The number of nitrogen functional groups attached to an aromatic ring is 1. The van der Waals surface area contributed by atoms with Gasteiger partial charge in [-0.3, -0.25) is 0 Å². The van der Waals surface area contributed by atoms with Gasteiger partial charge in [-0.1, -0.05) is 6.42 Å². The highest BCUT2D eigenvalue weighted by Crippen LogP contribution is 2.31. The number of hydrogen-bond acceptors (Lipinski definition) is 6. The van der Waals surface area contributed by atoms with E-state index in [2.05, 4.69) is 0 Å². The van der Waals surface area contributed by atoms with Gasteiger partial charge in [-0.2, -0.15) is 0 Å². The third kappa shape index (κ3) is 5.15. The van der Waals surface area contributed by atoms with Crippen LogP contribution in [-0.4, -0.2) is 38.5 Å². The van der Waals surface area contributed by atoms with Crippen molar-refractivity contribution in [2.75, 3.05) is 33.2 Å². The summed E-state index contributed by atoms with van der Waals surface area (Å²) in [4.78, 5) is 12.0. The van der Waals surface area contributed by atoms with Crippen molar-refractivity contribution >= 4 is 11.7 Å². The Balaban J connectivity index is 2.61. The SMILES string of the molecule is COc1cc(OC)c(N)c(C(=O)OCCCCCCO)c1. The molecule has 0 aliphatic heterocycles. The van der Waals surface area contributed by atoms with Gasteiger partial charge in [0.25, 0.3) is 0 Å². The van der Waals surface area contributed by atoms with Gasteiger partial charge in [-0.15, -0.1) is 0 Å². The van der Waals surface area contributed by atoms with Gasteiger partial charge in [0.2, 0.25) is 0 Å². The van der Waals surface area contributed by atoms with Crippen LogP contribution in [-0.2, 0) is 4.74 Å². The molecule has 0 atom stereocenters. The lowest BCUT2D eigenvalue weighted by Gasteiger charge is -2.12. The highest BCUT2D eigenvalue weighted by molar-refractivity contribution is 5.97. The first-order valence-electron chi connectivity index (χ1n) is 6.93. The second-order valence-corrected chi connectivity index (χ2v) is 4.56. The van der Waals surface area contributed by atoms with Crippen molar-refractivity contribution in [2.24, 2.45) is 0 Å². The molecule has 0 unspecified atom stereocenters. The number of esters is 1.